The van der Waals surface area contributed by atoms with E-state index in [9.17, 15) is 4.79 Å². The highest BCUT2D eigenvalue weighted by molar-refractivity contribution is 7.20. The van der Waals surface area contributed by atoms with Crippen molar-refractivity contribution in [3.8, 4) is 5.13 Å². The first-order valence-corrected chi connectivity index (χ1v) is 10.2. The highest BCUT2D eigenvalue weighted by Gasteiger charge is 2.17. The number of nitrogens with zero attached hydrogens (tertiary/aromatic N) is 3. The topological polar surface area (TPSA) is 59.8 Å². The Labute approximate surface area is 157 Å². The van der Waals surface area contributed by atoms with E-state index in [4.69, 9.17) is 4.98 Å². The molecule has 0 spiro atoms. The molecule has 0 radical (unpaired) electrons. The Kier molecular flexibility index (Phi) is 4.76. The smallest absolute Gasteiger partial charge is 0.225 e. The number of hydrogen-bond donors (Lipinski definition) is 1. The van der Waals surface area contributed by atoms with Gasteiger partial charge in [-0.25, -0.2) is 4.98 Å². The van der Waals surface area contributed by atoms with Crippen LogP contribution in [0.15, 0.2) is 18.2 Å². The van der Waals surface area contributed by atoms with Gasteiger partial charge in [0.15, 0.2) is 0 Å². The summed E-state index contributed by atoms with van der Waals surface area (Å²) < 4.78 is 2.96. The van der Waals surface area contributed by atoms with E-state index in [-0.39, 0.29) is 5.91 Å². The zero-order valence-electron chi connectivity index (χ0n) is 15.3. The van der Waals surface area contributed by atoms with Gasteiger partial charge < -0.3 is 5.32 Å². The molecule has 1 amide bonds. The van der Waals surface area contributed by atoms with E-state index in [0.29, 0.717) is 12.2 Å². The molecule has 1 aliphatic carbocycles. The number of carbonyl (C=O) groups excluding carboxylic acids is 1. The number of aromatic nitrogens is 3. The zero-order valence-corrected chi connectivity index (χ0v) is 16.2. The van der Waals surface area contributed by atoms with E-state index in [1.54, 1.807) is 16.0 Å². The molecule has 3 aromatic rings. The molecule has 1 aromatic carbocycles. The number of benzene rings is 1. The van der Waals surface area contributed by atoms with Gasteiger partial charge in [0.2, 0.25) is 11.0 Å². The van der Waals surface area contributed by atoms with Crippen molar-refractivity contribution >= 4 is 33.3 Å². The summed E-state index contributed by atoms with van der Waals surface area (Å²) >= 11 is 1.63. The van der Waals surface area contributed by atoms with Crippen molar-refractivity contribution in [3.05, 3.63) is 35.0 Å². The van der Waals surface area contributed by atoms with Crippen LogP contribution >= 0.6 is 11.3 Å². The number of nitrogens with one attached hydrogen (secondary N) is 1. The molecule has 4 rings (SSSR count). The largest absolute Gasteiger partial charge is 0.311 e. The fraction of sp³-hybridized carbons (Fsp3) is 0.450. The van der Waals surface area contributed by atoms with Crippen LogP contribution in [-0.4, -0.2) is 20.7 Å². The first kappa shape index (κ1) is 17.2. The Morgan fingerprint density at radius 3 is 2.77 bits per heavy atom. The molecule has 2 heterocycles. The number of amides is 1. The fourth-order valence-electron chi connectivity index (χ4n) is 3.51. The van der Waals surface area contributed by atoms with Crippen molar-refractivity contribution in [2.45, 2.75) is 58.8 Å². The molecule has 1 N–H and O–H groups in total. The third-order valence-corrected chi connectivity index (χ3v) is 5.87. The second kappa shape index (κ2) is 7.19. The van der Waals surface area contributed by atoms with E-state index in [1.165, 1.54) is 28.7 Å². The molecule has 0 fully saturated rings. The van der Waals surface area contributed by atoms with Crippen LogP contribution < -0.4 is 5.32 Å². The van der Waals surface area contributed by atoms with Crippen molar-refractivity contribution in [2.75, 3.05) is 5.32 Å². The number of fused-ring (bicyclic) bond motifs is 2. The monoisotopic (exact) mass is 368 g/mol. The Morgan fingerprint density at radius 1 is 1.23 bits per heavy atom. The van der Waals surface area contributed by atoms with E-state index in [1.807, 2.05) is 13.0 Å². The molecular weight excluding hydrogens is 344 g/mol. The number of thiazole rings is 1. The summed E-state index contributed by atoms with van der Waals surface area (Å²) in [6.45, 7) is 4.02. The highest BCUT2D eigenvalue weighted by Crippen LogP contribution is 2.32. The number of rotatable bonds is 5. The molecule has 5 nitrogen and oxygen atoms in total. The quantitative estimate of drug-likeness (QED) is 0.704. The van der Waals surface area contributed by atoms with Gasteiger partial charge in [0.25, 0.3) is 0 Å². The minimum Gasteiger partial charge on any atom is -0.311 e. The van der Waals surface area contributed by atoms with Gasteiger partial charge in [0, 0.05) is 12.5 Å². The third-order valence-electron chi connectivity index (χ3n) is 4.88. The van der Waals surface area contributed by atoms with E-state index >= 15 is 0 Å². The van der Waals surface area contributed by atoms with Crippen molar-refractivity contribution in [1.82, 2.24) is 14.8 Å². The molecule has 6 heteroatoms. The van der Waals surface area contributed by atoms with Crippen LogP contribution in [0.2, 0.25) is 0 Å². The first-order valence-electron chi connectivity index (χ1n) is 9.43. The predicted molar refractivity (Wildman–Crippen MR) is 106 cm³/mol. The standard InChI is InChI=1S/C20H24N4OS/c1-3-4-9-19(25)22-18-10-13(2)23-24(18)20-21-16-11-14-7-5-6-8-15(14)12-17(16)26-20/h10-12H,3-9H2,1-2H3,(H,22,25). The average molecular weight is 369 g/mol. The maximum absolute atomic E-state index is 12.1. The van der Waals surface area contributed by atoms with E-state index in [0.717, 1.165) is 42.0 Å². The van der Waals surface area contributed by atoms with Crippen LogP contribution in [0, 0.1) is 6.92 Å². The summed E-state index contributed by atoms with van der Waals surface area (Å²) in [5.41, 5.74) is 4.80. The van der Waals surface area contributed by atoms with Gasteiger partial charge in [-0.1, -0.05) is 24.7 Å². The number of unbranched alkanes of at least 4 members (excludes halogenated alkanes) is 1. The minimum atomic E-state index is 0.0320. The summed E-state index contributed by atoms with van der Waals surface area (Å²) in [7, 11) is 0. The highest BCUT2D eigenvalue weighted by atomic mass is 32.1. The summed E-state index contributed by atoms with van der Waals surface area (Å²) in [6.07, 6.45) is 7.29. The molecule has 1 aliphatic rings. The lowest BCUT2D eigenvalue weighted by Crippen LogP contribution is -2.14. The summed E-state index contributed by atoms with van der Waals surface area (Å²) in [6, 6.07) is 6.43. The van der Waals surface area contributed by atoms with Gasteiger partial charge in [0.1, 0.15) is 5.82 Å². The molecule has 0 saturated heterocycles. The van der Waals surface area contributed by atoms with E-state index in [2.05, 4.69) is 29.5 Å². The number of anilines is 1. The van der Waals surface area contributed by atoms with Crippen molar-refractivity contribution in [3.63, 3.8) is 0 Å². The Hall–Kier alpha value is -2.21. The third kappa shape index (κ3) is 3.38. The van der Waals surface area contributed by atoms with Gasteiger partial charge >= 0.3 is 0 Å². The lowest BCUT2D eigenvalue weighted by Gasteiger charge is -2.14. The van der Waals surface area contributed by atoms with Crippen LogP contribution in [0.25, 0.3) is 15.3 Å². The van der Waals surface area contributed by atoms with Gasteiger partial charge in [-0.15, -0.1) is 0 Å². The van der Waals surface area contributed by atoms with Crippen molar-refractivity contribution in [2.24, 2.45) is 0 Å². The molecule has 26 heavy (non-hydrogen) atoms. The van der Waals surface area contributed by atoms with Crippen molar-refractivity contribution in [1.29, 1.82) is 0 Å². The van der Waals surface area contributed by atoms with Crippen LogP contribution in [0.4, 0.5) is 5.82 Å². The molecule has 136 valence electrons. The van der Waals surface area contributed by atoms with Gasteiger partial charge in [0.05, 0.1) is 15.9 Å². The molecular formula is C20H24N4OS. The second-order valence-corrected chi connectivity index (χ2v) is 8.04. The predicted octanol–water partition coefficient (Wildman–Crippen LogP) is 4.80. The van der Waals surface area contributed by atoms with Crippen LogP contribution in [-0.2, 0) is 17.6 Å². The maximum atomic E-state index is 12.1. The minimum absolute atomic E-state index is 0.0320. The van der Waals surface area contributed by atoms with Gasteiger partial charge in [-0.05, 0) is 62.3 Å². The summed E-state index contributed by atoms with van der Waals surface area (Å²) in [5, 5.41) is 8.36. The number of hydrogen-bond acceptors (Lipinski definition) is 4. The van der Waals surface area contributed by atoms with E-state index < -0.39 is 0 Å². The molecule has 0 unspecified atom stereocenters. The first-order chi connectivity index (χ1) is 12.6. The Bertz CT molecular complexity index is 913. The number of aryl methyl sites for hydroxylation is 3. The molecule has 0 saturated carbocycles. The average Bonchev–Trinajstić information content (AvgIpc) is 3.20. The SMILES string of the molecule is CCCCC(=O)Nc1cc(C)nn1-c1nc2cc3c(cc2s1)CCCC3. The molecule has 0 bridgehead atoms. The summed E-state index contributed by atoms with van der Waals surface area (Å²) in [5.74, 6) is 0.733. The van der Waals surface area contributed by atoms with Gasteiger partial charge in [-0.2, -0.15) is 9.78 Å². The molecule has 0 atom stereocenters. The van der Waals surface area contributed by atoms with Crippen molar-refractivity contribution < 1.29 is 4.79 Å². The zero-order chi connectivity index (χ0) is 18.1. The normalized spacial score (nSPS) is 13.8. The lowest BCUT2D eigenvalue weighted by atomic mass is 9.92. The molecule has 0 aliphatic heterocycles. The Balaban J connectivity index is 1.68. The van der Waals surface area contributed by atoms with Gasteiger partial charge in [-0.3, -0.25) is 4.79 Å². The second-order valence-electron chi connectivity index (χ2n) is 7.03. The molecule has 2 aromatic heterocycles. The van der Waals surface area contributed by atoms with Crippen LogP contribution in [0.3, 0.4) is 0 Å². The Morgan fingerprint density at radius 2 is 2.00 bits per heavy atom. The summed E-state index contributed by atoms with van der Waals surface area (Å²) in [4.78, 5) is 16.9. The maximum Gasteiger partial charge on any atom is 0.225 e. The fourth-order valence-corrected chi connectivity index (χ4v) is 4.49. The van der Waals surface area contributed by atoms with Crippen LogP contribution in [0.5, 0.6) is 0 Å². The lowest BCUT2D eigenvalue weighted by molar-refractivity contribution is -0.116. The van der Waals surface area contributed by atoms with Crippen LogP contribution in [0.1, 0.15) is 55.8 Å². The number of carbonyl (C=O) groups is 1.